The van der Waals surface area contributed by atoms with E-state index in [9.17, 15) is 34.5 Å². The minimum atomic E-state index is -1.00. The number of Topliss-reactive ketones (excluding diaryl/α,β-unsaturated/α-hetero) is 1. The van der Waals surface area contributed by atoms with Gasteiger partial charge in [0.05, 0.1) is 54.6 Å². The summed E-state index contributed by atoms with van der Waals surface area (Å²) in [5.41, 5.74) is 1.08. The molecular weight excluding hydrogens is 974 g/mol. The SMILES string of the molecule is C=CCN1CC[C@]23c4c5ccc(OCOCCOC)c4OC2C(=O)CC[C@@]3(O)C1C5.C=CCN1CC[C@]23c4c5ccc(OCOCCOC)c4OC2[C@@H](O)CC[C@@]3(O)C1C5.CC(=O)OOC(C)=O.[B-]OC(C)=O.[Na+]. The van der Waals surface area contributed by atoms with Crippen LogP contribution in [0.25, 0.3) is 0 Å². The molecular formula is C52H69BN2NaO18. The third-order valence-corrected chi connectivity index (χ3v) is 15.5. The van der Waals surface area contributed by atoms with Crippen LogP contribution in [0.5, 0.6) is 23.0 Å². The summed E-state index contributed by atoms with van der Waals surface area (Å²) < 4.78 is 49.0. The van der Waals surface area contributed by atoms with Crippen LogP contribution in [0.1, 0.15) is 81.5 Å². The Morgan fingerprint density at radius 1 is 0.730 bits per heavy atom. The van der Waals surface area contributed by atoms with Crippen LogP contribution in [0.2, 0.25) is 0 Å². The molecule has 4 unspecified atom stereocenters. The molecule has 9 atom stereocenters. The molecule has 74 heavy (non-hydrogen) atoms. The van der Waals surface area contributed by atoms with Crippen LogP contribution >= 0.6 is 0 Å². The second-order valence-corrected chi connectivity index (χ2v) is 19.3. The molecule has 10 rings (SSSR count). The second-order valence-electron chi connectivity index (χ2n) is 19.3. The number of carbonyl (C=O) groups is 4. The molecule has 4 aliphatic heterocycles. The van der Waals surface area contributed by atoms with Crippen molar-refractivity contribution < 1.29 is 116 Å². The standard InChI is InChI=1S/C23H31NO6.C23H29NO6.C4H6O4.C2H3BO2.Na/c2*1-3-9-24-10-8-22-19-15-4-5-17(29-14-28-12-11-27-2)20(19)30-21(22)16(25)6-7-23(22,26)18(24)13-15;1-3(5)7-8-4(2)6;1-2(4)5-3;/h3-5,16,18,21,25-26H,1,6-14H2,2H3;3-5,18,21,26H,1,6-14H2,2H3;1-2H3;1H3;/q;;;-1;+1/t16-,18?,21?,22-,23+;18?,21?,22-,23+;;;/m00.../s1. The third kappa shape index (κ3) is 10.9. The molecule has 2 saturated carbocycles. The molecule has 4 fully saturated rings. The molecule has 0 aromatic heterocycles. The molecule has 4 bridgehead atoms. The summed E-state index contributed by atoms with van der Waals surface area (Å²) in [6.07, 6.45) is 6.86. The summed E-state index contributed by atoms with van der Waals surface area (Å²) in [6.45, 7) is 16.5. The Labute approximate surface area is 455 Å². The fraction of sp³-hybridized carbons (Fsp3) is 0.615. The van der Waals surface area contributed by atoms with Crippen molar-refractivity contribution in [3.8, 4) is 23.0 Å². The number of ketones is 1. The van der Waals surface area contributed by atoms with Crippen LogP contribution in [-0.4, -0.2) is 179 Å². The monoisotopic (exact) mass is 1040 g/mol. The van der Waals surface area contributed by atoms with E-state index < -0.39 is 58.3 Å². The number of nitrogens with zero attached hydrogens (tertiary/aromatic N) is 2. The molecule has 3 N–H and O–H groups in total. The van der Waals surface area contributed by atoms with E-state index in [-0.39, 0.29) is 61.0 Å². The third-order valence-electron chi connectivity index (χ3n) is 15.5. The van der Waals surface area contributed by atoms with E-state index in [4.69, 9.17) is 37.9 Å². The van der Waals surface area contributed by atoms with Crippen molar-refractivity contribution in [1.29, 1.82) is 0 Å². The number of hydrogen-bond acceptors (Lipinski definition) is 20. The summed E-state index contributed by atoms with van der Waals surface area (Å²) in [5.74, 6) is 0.779. The van der Waals surface area contributed by atoms with E-state index in [1.54, 1.807) is 14.2 Å². The van der Waals surface area contributed by atoms with E-state index in [1.807, 2.05) is 24.3 Å². The van der Waals surface area contributed by atoms with Crippen molar-refractivity contribution in [3.05, 3.63) is 71.8 Å². The van der Waals surface area contributed by atoms with Crippen LogP contribution in [-0.2, 0) is 76.2 Å². The number of aliphatic hydroxyl groups is 3. The minimum Gasteiger partial charge on any atom is -0.793 e. The number of piperidine rings is 2. The topological polar surface area (TPSA) is 237 Å². The Balaban J connectivity index is 0.000000193. The molecule has 3 radical (unpaired) electrons. The zero-order chi connectivity index (χ0) is 52.7. The molecule has 4 aliphatic carbocycles. The first-order valence-corrected chi connectivity index (χ1v) is 24.7. The first-order chi connectivity index (χ1) is 35.0. The Kier molecular flexibility index (Phi) is 20.3. The van der Waals surface area contributed by atoms with Gasteiger partial charge < -0.3 is 65.9 Å². The minimum absolute atomic E-state index is 0. The Morgan fingerprint density at radius 2 is 1.20 bits per heavy atom. The summed E-state index contributed by atoms with van der Waals surface area (Å²) in [4.78, 5) is 54.4. The maximum atomic E-state index is 13.0. The molecule has 0 amide bonds. The van der Waals surface area contributed by atoms with E-state index in [2.05, 4.69) is 57.6 Å². The smallest absolute Gasteiger partial charge is 0.793 e. The van der Waals surface area contributed by atoms with Crippen molar-refractivity contribution in [2.45, 2.75) is 125 Å². The van der Waals surface area contributed by atoms with Gasteiger partial charge in [-0.3, -0.25) is 19.4 Å². The first-order valence-electron chi connectivity index (χ1n) is 24.7. The number of aliphatic hydroxyl groups excluding tert-OH is 1. The fourth-order valence-electron chi connectivity index (χ4n) is 12.7. The van der Waals surface area contributed by atoms with Crippen LogP contribution < -0.4 is 48.5 Å². The molecule has 2 aromatic carbocycles. The average molecular weight is 1040 g/mol. The van der Waals surface area contributed by atoms with Crippen molar-refractivity contribution in [1.82, 2.24) is 9.80 Å². The number of benzene rings is 2. The van der Waals surface area contributed by atoms with Gasteiger partial charge in [-0.05, 0) is 74.8 Å². The van der Waals surface area contributed by atoms with Crippen LogP contribution in [0.15, 0.2) is 49.6 Å². The van der Waals surface area contributed by atoms with E-state index in [1.165, 1.54) is 12.5 Å². The Hall–Kier alpha value is -4.10. The van der Waals surface area contributed by atoms with E-state index in [0.29, 0.717) is 81.5 Å². The van der Waals surface area contributed by atoms with Crippen LogP contribution in [0.3, 0.4) is 0 Å². The zero-order valence-electron chi connectivity index (χ0n) is 43.4. The fourth-order valence-corrected chi connectivity index (χ4v) is 12.7. The summed E-state index contributed by atoms with van der Waals surface area (Å²) in [5, 5.41) is 35.1. The van der Waals surface area contributed by atoms with Crippen molar-refractivity contribution >= 4 is 31.7 Å². The number of hydrogen-bond donors (Lipinski definition) is 3. The van der Waals surface area contributed by atoms with Crippen LogP contribution in [0.4, 0.5) is 0 Å². The van der Waals surface area contributed by atoms with E-state index >= 15 is 0 Å². The molecule has 4 heterocycles. The molecule has 399 valence electrons. The zero-order valence-corrected chi connectivity index (χ0v) is 45.4. The number of methoxy groups -OCH3 is 2. The van der Waals surface area contributed by atoms with Gasteiger partial charge in [-0.25, -0.2) is 19.4 Å². The Morgan fingerprint density at radius 3 is 1.68 bits per heavy atom. The summed E-state index contributed by atoms with van der Waals surface area (Å²) >= 11 is 0. The molecule has 2 saturated heterocycles. The van der Waals surface area contributed by atoms with Crippen molar-refractivity contribution in [2.24, 2.45) is 0 Å². The van der Waals surface area contributed by atoms with Crippen molar-refractivity contribution in [3.63, 3.8) is 0 Å². The second kappa shape index (κ2) is 25.4. The van der Waals surface area contributed by atoms with Gasteiger partial charge >= 0.3 is 41.5 Å². The van der Waals surface area contributed by atoms with E-state index in [0.717, 1.165) is 76.0 Å². The van der Waals surface area contributed by atoms with Gasteiger partial charge in [-0.2, -0.15) is 0 Å². The molecule has 2 spiro atoms. The summed E-state index contributed by atoms with van der Waals surface area (Å²) in [6, 6.07) is 7.90. The van der Waals surface area contributed by atoms with Crippen LogP contribution in [0, 0.1) is 0 Å². The van der Waals surface area contributed by atoms with Gasteiger partial charge in [0, 0.05) is 84.3 Å². The predicted molar refractivity (Wildman–Crippen MR) is 260 cm³/mol. The van der Waals surface area contributed by atoms with Gasteiger partial charge in [0.1, 0.15) is 6.10 Å². The molecule has 22 heteroatoms. The quantitative estimate of drug-likeness (QED) is 0.0487. The van der Waals surface area contributed by atoms with Gasteiger partial charge in [0.25, 0.3) is 0 Å². The molecule has 2 aromatic rings. The average Bonchev–Trinajstić information content (AvgIpc) is 3.92. The maximum absolute atomic E-state index is 13.0. The van der Waals surface area contributed by atoms with Gasteiger partial charge in [-0.1, -0.05) is 24.3 Å². The normalized spacial score (nSPS) is 29.6. The summed E-state index contributed by atoms with van der Waals surface area (Å²) in [7, 11) is 7.57. The van der Waals surface area contributed by atoms with Gasteiger partial charge in [0.15, 0.2) is 48.5 Å². The molecule has 8 aliphatic rings. The number of likely N-dealkylation sites (tertiary alicyclic amines) is 2. The van der Waals surface area contributed by atoms with Gasteiger partial charge in [0.2, 0.25) is 5.97 Å². The van der Waals surface area contributed by atoms with Gasteiger partial charge in [-0.15, -0.1) is 13.2 Å². The first kappa shape index (κ1) is 59.2. The number of ether oxygens (including phenoxy) is 8. The predicted octanol–water partition coefficient (Wildman–Crippen LogP) is -0.353. The van der Waals surface area contributed by atoms with Crippen molar-refractivity contribution in [2.75, 3.05) is 80.4 Å². The maximum Gasteiger partial charge on any atom is 1.00 e. The number of rotatable bonds is 16. The molecule has 20 nitrogen and oxygen atoms in total. The Bertz CT molecular complexity index is 2350. The largest absolute Gasteiger partial charge is 1.00 e. The number of carbonyl (C=O) groups excluding carboxylic acids is 4.